The second kappa shape index (κ2) is 4.35. The van der Waals surface area contributed by atoms with Crippen molar-refractivity contribution in [2.24, 2.45) is 0 Å². The van der Waals surface area contributed by atoms with E-state index in [0.29, 0.717) is 0 Å². The third kappa shape index (κ3) is 11.2. The van der Waals surface area contributed by atoms with Gasteiger partial charge in [0.05, 0.1) is 0 Å². The van der Waals surface area contributed by atoms with Crippen molar-refractivity contribution in [1.82, 2.24) is 0 Å². The van der Waals surface area contributed by atoms with E-state index >= 15 is 0 Å². The summed E-state index contributed by atoms with van der Waals surface area (Å²) in [6.45, 7) is 0. The Hall–Kier alpha value is 1.46. The smallest absolute Gasteiger partial charge is 0 e. The van der Waals surface area contributed by atoms with Crippen LogP contribution in [0.3, 0.4) is 0 Å². The summed E-state index contributed by atoms with van der Waals surface area (Å²) in [7, 11) is 0. The molecule has 0 radical (unpaired) electrons. The van der Waals surface area contributed by atoms with Crippen LogP contribution in [0.2, 0.25) is 0 Å². The van der Waals surface area contributed by atoms with Gasteiger partial charge in [-0.15, -0.1) is 0 Å². The van der Waals surface area contributed by atoms with Gasteiger partial charge in [0.15, 0.2) is 0 Å². The molecule has 0 bridgehead atoms. The fraction of sp³-hybridized carbons (Fsp3) is 0. The Balaban J connectivity index is 0. The number of hydrogen-bond acceptors (Lipinski definition) is 2. The molecule has 0 aliphatic rings. The molecule has 0 aromatic rings. The molecule has 2 N–H and O–H groups in total. The second-order valence-corrected chi connectivity index (χ2v) is 9.19. The van der Waals surface area contributed by atoms with Gasteiger partial charge in [-0.05, 0) is 0 Å². The topological polar surface area (TPSA) is 74.6 Å². The van der Waals surface area contributed by atoms with Crippen LogP contribution in [-0.4, -0.2) is 9.79 Å². The summed E-state index contributed by atoms with van der Waals surface area (Å²) in [4.78, 5) is 15.4. The Morgan fingerprint density at radius 2 is 1.57 bits per heavy atom. The SMILES string of the molecule is [O]=[Zn][P](=O)(O)O.[Zr]. The maximum absolute atomic E-state index is 9.47. The molecule has 0 spiro atoms. The molecule has 7 heavy (non-hydrogen) atoms. The van der Waals surface area contributed by atoms with Gasteiger partial charge in [-0.2, -0.15) is 0 Å². The van der Waals surface area contributed by atoms with Crippen molar-refractivity contribution >= 4 is 5.93 Å². The largest absolute Gasteiger partial charge is 0 e. The first-order chi connectivity index (χ1) is 2.56. The van der Waals surface area contributed by atoms with Crippen LogP contribution in [0, 0.1) is 0 Å². The van der Waals surface area contributed by atoms with Crippen LogP contribution in [-0.2, 0) is 50.9 Å². The van der Waals surface area contributed by atoms with E-state index in [4.69, 9.17) is 9.79 Å². The summed E-state index contributed by atoms with van der Waals surface area (Å²) < 4.78 is 18.8. The van der Waals surface area contributed by atoms with E-state index in [1.807, 2.05) is 0 Å². The summed E-state index contributed by atoms with van der Waals surface area (Å²) in [6, 6.07) is 0. The minimum Gasteiger partial charge on any atom is 0 e. The third-order valence-electron chi connectivity index (χ3n) is 0.168. The van der Waals surface area contributed by atoms with Crippen LogP contribution in [0.1, 0.15) is 0 Å². The van der Waals surface area contributed by atoms with Crippen molar-refractivity contribution in [2.75, 3.05) is 0 Å². The third-order valence-corrected chi connectivity index (χ3v) is 2.62. The van der Waals surface area contributed by atoms with Crippen molar-refractivity contribution < 1.29 is 60.7 Å². The van der Waals surface area contributed by atoms with Gasteiger partial charge < -0.3 is 0 Å². The molecular formula is H2O4PZnZr. The fourth-order valence-electron chi connectivity index (χ4n) is 0. The first kappa shape index (κ1) is 11.3. The van der Waals surface area contributed by atoms with Gasteiger partial charge in [-0.25, -0.2) is 0 Å². The molecular weight excluding hydrogens is 252 g/mol. The van der Waals surface area contributed by atoms with E-state index in [2.05, 4.69) is 0 Å². The van der Waals surface area contributed by atoms with Crippen molar-refractivity contribution in [2.45, 2.75) is 0 Å². The van der Waals surface area contributed by atoms with Crippen LogP contribution in [0.15, 0.2) is 0 Å². The van der Waals surface area contributed by atoms with E-state index in [-0.39, 0.29) is 26.2 Å². The molecule has 0 amide bonds. The maximum atomic E-state index is 9.47. The van der Waals surface area contributed by atoms with E-state index in [1.54, 1.807) is 0 Å². The maximum Gasteiger partial charge on any atom is 0 e. The first-order valence-electron chi connectivity index (χ1n) is 1.19. The Morgan fingerprint density at radius 3 is 1.57 bits per heavy atom. The van der Waals surface area contributed by atoms with Crippen molar-refractivity contribution in [1.29, 1.82) is 0 Å². The summed E-state index contributed by atoms with van der Waals surface area (Å²) in [5, 5.41) is 0. The zero-order valence-corrected chi connectivity index (χ0v) is 9.68. The van der Waals surface area contributed by atoms with Gasteiger partial charge in [0.25, 0.3) is 0 Å². The molecule has 0 aromatic carbocycles. The molecule has 0 aromatic heterocycles. The monoisotopic (exact) mass is 251 g/mol. The predicted molar refractivity (Wildman–Crippen MR) is 12.7 cm³/mol. The molecule has 0 heterocycles. The first-order valence-corrected chi connectivity index (χ1v) is 8.18. The Bertz CT molecular complexity index is 93.9. The van der Waals surface area contributed by atoms with Crippen LogP contribution in [0.4, 0.5) is 0 Å². The summed E-state index contributed by atoms with van der Waals surface area (Å²) in [6.07, 6.45) is 0. The van der Waals surface area contributed by atoms with Gasteiger partial charge in [-0.3, -0.25) is 0 Å². The fourth-order valence-corrected chi connectivity index (χ4v) is 0. The van der Waals surface area contributed by atoms with E-state index in [9.17, 15) is 8.14 Å². The van der Waals surface area contributed by atoms with E-state index < -0.39 is 22.5 Å². The number of hydrogen-bond donors (Lipinski definition) is 2. The quantitative estimate of drug-likeness (QED) is 0.488. The molecule has 37 valence electrons. The minimum absolute atomic E-state index is 0. The molecule has 0 atom stereocenters. The van der Waals surface area contributed by atoms with Crippen LogP contribution >= 0.6 is 5.93 Å². The van der Waals surface area contributed by atoms with Crippen molar-refractivity contribution in [3.63, 3.8) is 0 Å². The minimum atomic E-state index is -4.01. The van der Waals surface area contributed by atoms with Gasteiger partial charge in [0.1, 0.15) is 0 Å². The zero-order chi connectivity index (χ0) is 5.21. The van der Waals surface area contributed by atoms with Crippen molar-refractivity contribution in [3.8, 4) is 0 Å². The Morgan fingerprint density at radius 1 is 1.43 bits per heavy atom. The molecule has 0 aliphatic heterocycles. The molecule has 0 aliphatic carbocycles. The van der Waals surface area contributed by atoms with Gasteiger partial charge in [0, 0.05) is 26.2 Å². The average Bonchev–Trinajstić information content (AvgIpc) is 1.35. The number of rotatable bonds is 1. The summed E-state index contributed by atoms with van der Waals surface area (Å²) >= 11 is -2.69. The van der Waals surface area contributed by atoms with E-state index in [1.165, 1.54) is 0 Å². The summed E-state index contributed by atoms with van der Waals surface area (Å²) in [5.74, 6) is -4.01. The van der Waals surface area contributed by atoms with Crippen molar-refractivity contribution in [3.05, 3.63) is 0 Å². The van der Waals surface area contributed by atoms with Gasteiger partial charge >= 0.3 is 40.4 Å². The van der Waals surface area contributed by atoms with Crippen LogP contribution in [0.5, 0.6) is 0 Å². The molecule has 0 unspecified atom stereocenters. The average molecular weight is 254 g/mol. The Labute approximate surface area is 66.3 Å². The Kier molecular flexibility index (Phi) is 7.00. The van der Waals surface area contributed by atoms with Gasteiger partial charge in [0.2, 0.25) is 0 Å². The zero-order valence-electron chi connectivity index (χ0n) is 3.37. The van der Waals surface area contributed by atoms with Crippen LogP contribution < -0.4 is 0 Å². The summed E-state index contributed by atoms with van der Waals surface area (Å²) in [5.41, 5.74) is 0. The second-order valence-electron chi connectivity index (χ2n) is 0.794. The molecule has 0 saturated carbocycles. The molecule has 4 nitrogen and oxygen atoms in total. The molecule has 7 heteroatoms. The van der Waals surface area contributed by atoms with E-state index in [0.717, 1.165) is 0 Å². The van der Waals surface area contributed by atoms with Crippen LogP contribution in [0.25, 0.3) is 0 Å². The molecule has 0 fully saturated rings. The van der Waals surface area contributed by atoms with Gasteiger partial charge in [-0.1, -0.05) is 0 Å². The molecule has 0 saturated heterocycles. The standard InChI is InChI=1S/HO3P.O.Zn.Zr/c1-4(2)3;;;/h(H-,1,2,3);;;/q;;-1;/p+1. The normalized spacial score (nSPS) is 8.86. The molecule has 0 rings (SSSR count). The predicted octanol–water partition coefficient (Wildman–Crippen LogP) is -0.495.